The van der Waals surface area contributed by atoms with Crippen LogP contribution in [0.25, 0.3) is 0 Å². The number of rotatable bonds is 4. The van der Waals surface area contributed by atoms with Gasteiger partial charge in [0.25, 0.3) is 0 Å². The summed E-state index contributed by atoms with van der Waals surface area (Å²) in [6.07, 6.45) is 3.69. The Morgan fingerprint density at radius 3 is 2.76 bits per heavy atom. The van der Waals surface area contributed by atoms with E-state index in [0.717, 1.165) is 11.5 Å². The van der Waals surface area contributed by atoms with Gasteiger partial charge in [0, 0.05) is 11.6 Å². The summed E-state index contributed by atoms with van der Waals surface area (Å²) in [5.41, 5.74) is 1.07. The molecule has 0 aliphatic heterocycles. The largest absolute Gasteiger partial charge is 0.376 e. The molecule has 4 nitrogen and oxygen atoms in total. The van der Waals surface area contributed by atoms with Crippen LogP contribution in [0.5, 0.6) is 0 Å². The normalized spacial score (nSPS) is 15.5. The van der Waals surface area contributed by atoms with Crippen LogP contribution in [0.2, 0.25) is 0 Å². The first-order valence-electron chi connectivity index (χ1n) is 6.03. The van der Waals surface area contributed by atoms with Gasteiger partial charge in [-0.25, -0.2) is 0 Å². The van der Waals surface area contributed by atoms with E-state index in [0.29, 0.717) is 18.4 Å². The number of benzene rings is 1. The number of nitrogens with one attached hydrogen (secondary N) is 1. The summed E-state index contributed by atoms with van der Waals surface area (Å²) in [6, 6.07) is 10.0. The van der Waals surface area contributed by atoms with Gasteiger partial charge in [-0.15, -0.1) is 0 Å². The van der Waals surface area contributed by atoms with Gasteiger partial charge in [0.1, 0.15) is 0 Å². The lowest BCUT2D eigenvalue weighted by molar-refractivity contribution is 0.349. The number of anilines is 1. The lowest BCUT2D eigenvalue weighted by Gasteiger charge is -2.20. The number of hydrogen-bond donors (Lipinski definition) is 1. The number of para-hydroxylation sites is 1. The quantitative estimate of drug-likeness (QED) is 0.875. The van der Waals surface area contributed by atoms with E-state index < -0.39 is 0 Å². The molecule has 4 heteroatoms. The molecule has 1 fully saturated rings. The minimum Gasteiger partial charge on any atom is -0.376 e. The highest BCUT2D eigenvalue weighted by Gasteiger charge is 2.24. The molecule has 0 amide bonds. The van der Waals surface area contributed by atoms with Crippen molar-refractivity contribution in [3.8, 4) is 0 Å². The lowest BCUT2D eigenvalue weighted by Crippen LogP contribution is -2.10. The van der Waals surface area contributed by atoms with Crippen molar-refractivity contribution < 1.29 is 4.52 Å². The van der Waals surface area contributed by atoms with Crippen LogP contribution in [0, 0.1) is 0 Å². The van der Waals surface area contributed by atoms with Crippen molar-refractivity contribution in [2.24, 2.45) is 0 Å². The molecule has 1 aliphatic carbocycles. The Kier molecular flexibility index (Phi) is 2.78. The zero-order valence-electron chi connectivity index (χ0n) is 9.60. The van der Waals surface area contributed by atoms with E-state index >= 15 is 0 Å². The van der Waals surface area contributed by atoms with Crippen molar-refractivity contribution in [1.82, 2.24) is 10.1 Å². The first-order chi connectivity index (χ1) is 8.42. The van der Waals surface area contributed by atoms with Gasteiger partial charge in [0.2, 0.25) is 5.89 Å². The number of nitrogens with zero attached hydrogens (tertiary/aromatic N) is 2. The van der Waals surface area contributed by atoms with Crippen LogP contribution in [0.4, 0.5) is 5.69 Å². The fraction of sp³-hybridized carbons (Fsp3) is 0.385. The molecule has 0 radical (unpaired) electrons. The van der Waals surface area contributed by atoms with E-state index in [2.05, 4.69) is 15.5 Å². The zero-order chi connectivity index (χ0) is 11.5. The van der Waals surface area contributed by atoms with Gasteiger partial charge in [-0.1, -0.05) is 29.8 Å². The highest BCUT2D eigenvalue weighted by molar-refractivity contribution is 5.42. The van der Waals surface area contributed by atoms with Crippen molar-refractivity contribution >= 4 is 5.69 Å². The van der Waals surface area contributed by atoms with E-state index in [9.17, 15) is 0 Å². The molecule has 0 bridgehead atoms. The minimum absolute atomic E-state index is 0.532. The molecule has 1 aromatic heterocycles. The van der Waals surface area contributed by atoms with Gasteiger partial charge in [-0.3, -0.25) is 0 Å². The van der Waals surface area contributed by atoms with Crippen molar-refractivity contribution in [3.05, 3.63) is 42.0 Å². The first-order valence-corrected chi connectivity index (χ1v) is 6.03. The summed E-state index contributed by atoms with van der Waals surface area (Å²) >= 11 is 0. The van der Waals surface area contributed by atoms with Gasteiger partial charge in [0.05, 0.1) is 6.54 Å². The molecule has 1 saturated carbocycles. The summed E-state index contributed by atoms with van der Waals surface area (Å²) in [4.78, 5) is 4.41. The summed E-state index contributed by atoms with van der Waals surface area (Å²) in [6.45, 7) is 0.587. The average Bonchev–Trinajstić information content (AvgIpc) is 2.74. The van der Waals surface area contributed by atoms with E-state index in [-0.39, 0.29) is 0 Å². The summed E-state index contributed by atoms with van der Waals surface area (Å²) < 4.78 is 5.22. The molecule has 3 rings (SSSR count). The van der Waals surface area contributed by atoms with Gasteiger partial charge in [0.15, 0.2) is 5.82 Å². The molecule has 0 saturated heterocycles. The maximum absolute atomic E-state index is 5.22. The minimum atomic E-state index is 0.532. The predicted octanol–water partition coefficient (Wildman–Crippen LogP) is 2.95. The maximum Gasteiger partial charge on any atom is 0.245 e. The van der Waals surface area contributed by atoms with Crippen LogP contribution in [0.15, 0.2) is 34.9 Å². The van der Waals surface area contributed by atoms with Gasteiger partial charge >= 0.3 is 0 Å². The Labute approximate surface area is 100 Å². The molecule has 0 spiro atoms. The second-order valence-corrected chi connectivity index (χ2v) is 4.39. The first kappa shape index (κ1) is 10.3. The standard InChI is InChI=1S/C13H15N3O/c1-2-7-11(8-3-1)14-9-12-15-13(16-17-12)10-5-4-6-10/h1-3,7-8,10,14H,4-6,9H2. The molecule has 0 unspecified atom stereocenters. The molecular formula is C13H15N3O. The molecule has 1 heterocycles. The molecular weight excluding hydrogens is 214 g/mol. The van der Waals surface area contributed by atoms with Crippen LogP contribution >= 0.6 is 0 Å². The third-order valence-corrected chi connectivity index (χ3v) is 3.17. The molecule has 17 heavy (non-hydrogen) atoms. The zero-order valence-corrected chi connectivity index (χ0v) is 9.60. The Hall–Kier alpha value is -1.84. The number of hydrogen-bond acceptors (Lipinski definition) is 4. The van der Waals surface area contributed by atoms with Crippen LogP contribution in [0.3, 0.4) is 0 Å². The van der Waals surface area contributed by atoms with Crippen molar-refractivity contribution in [1.29, 1.82) is 0 Å². The van der Waals surface area contributed by atoms with Gasteiger partial charge in [-0.2, -0.15) is 4.98 Å². The van der Waals surface area contributed by atoms with Crippen LogP contribution in [-0.2, 0) is 6.54 Å². The Morgan fingerprint density at radius 2 is 2.06 bits per heavy atom. The van der Waals surface area contributed by atoms with Gasteiger partial charge in [-0.05, 0) is 25.0 Å². The second kappa shape index (κ2) is 4.57. The summed E-state index contributed by atoms with van der Waals surface area (Å²) in [5, 5.41) is 7.28. The van der Waals surface area contributed by atoms with E-state index in [4.69, 9.17) is 4.52 Å². The van der Waals surface area contributed by atoms with Crippen molar-refractivity contribution in [2.45, 2.75) is 31.7 Å². The molecule has 1 N–H and O–H groups in total. The van der Waals surface area contributed by atoms with Crippen molar-refractivity contribution in [2.75, 3.05) is 5.32 Å². The fourth-order valence-electron chi connectivity index (χ4n) is 1.91. The molecule has 2 aromatic rings. The van der Waals surface area contributed by atoms with Gasteiger partial charge < -0.3 is 9.84 Å². The Morgan fingerprint density at radius 1 is 1.24 bits per heavy atom. The van der Waals surface area contributed by atoms with E-state index in [1.54, 1.807) is 0 Å². The highest BCUT2D eigenvalue weighted by Crippen LogP contribution is 2.34. The van der Waals surface area contributed by atoms with Crippen molar-refractivity contribution in [3.63, 3.8) is 0 Å². The third-order valence-electron chi connectivity index (χ3n) is 3.17. The second-order valence-electron chi connectivity index (χ2n) is 4.39. The van der Waals surface area contributed by atoms with Crippen LogP contribution < -0.4 is 5.32 Å². The molecule has 88 valence electrons. The smallest absolute Gasteiger partial charge is 0.245 e. The van der Waals surface area contributed by atoms with E-state index in [1.165, 1.54) is 19.3 Å². The third kappa shape index (κ3) is 2.30. The van der Waals surface area contributed by atoms with E-state index in [1.807, 2.05) is 30.3 Å². The molecule has 1 aliphatic rings. The predicted molar refractivity (Wildman–Crippen MR) is 64.7 cm³/mol. The maximum atomic E-state index is 5.22. The molecule has 0 atom stereocenters. The summed E-state index contributed by atoms with van der Waals surface area (Å²) in [5.74, 6) is 2.07. The molecule has 1 aromatic carbocycles. The SMILES string of the molecule is c1ccc(NCc2nc(C3CCC3)no2)cc1. The van der Waals surface area contributed by atoms with Crippen LogP contribution in [0.1, 0.15) is 36.9 Å². The average molecular weight is 229 g/mol. The Bertz CT molecular complexity index is 476. The fourth-order valence-corrected chi connectivity index (χ4v) is 1.91. The van der Waals surface area contributed by atoms with Crippen LogP contribution in [-0.4, -0.2) is 10.1 Å². The Balaban J connectivity index is 1.60. The number of aromatic nitrogens is 2. The monoisotopic (exact) mass is 229 g/mol. The topological polar surface area (TPSA) is 51.0 Å². The summed E-state index contributed by atoms with van der Waals surface area (Å²) in [7, 11) is 0. The lowest BCUT2D eigenvalue weighted by atomic mass is 9.85. The highest BCUT2D eigenvalue weighted by atomic mass is 16.5.